The molecule has 0 bridgehead atoms. The Morgan fingerprint density at radius 3 is 2.71 bits per heavy atom. The molecule has 1 aromatic carbocycles. The number of nitrogens with zero attached hydrogens (tertiary/aromatic N) is 3. The number of anilines is 1. The molecule has 2 aromatic rings. The molecule has 0 N–H and O–H groups in total. The molecular formula is C17H17N3S. The van der Waals surface area contributed by atoms with Gasteiger partial charge in [0.2, 0.25) is 0 Å². The van der Waals surface area contributed by atoms with Crippen LogP contribution < -0.4 is 4.90 Å². The lowest BCUT2D eigenvalue weighted by Crippen LogP contribution is -2.31. The highest BCUT2D eigenvalue weighted by molar-refractivity contribution is 7.80. The zero-order valence-corrected chi connectivity index (χ0v) is 12.5. The molecule has 2 heterocycles. The molecule has 3 nitrogen and oxygen atoms in total. The SMILES string of the molecule is S=C1N(C/C=C/c2ccccc2)CCN1c1cccnc1. The van der Waals surface area contributed by atoms with Gasteiger partial charge >= 0.3 is 0 Å². The van der Waals surface area contributed by atoms with Crippen LogP contribution in [0.15, 0.2) is 60.9 Å². The molecule has 0 atom stereocenters. The minimum Gasteiger partial charge on any atom is -0.343 e. The van der Waals surface area contributed by atoms with Gasteiger partial charge in [0.05, 0.1) is 11.9 Å². The molecule has 0 spiro atoms. The molecule has 0 unspecified atom stereocenters. The number of hydrogen-bond donors (Lipinski definition) is 0. The quantitative estimate of drug-likeness (QED) is 0.806. The molecule has 1 aliphatic heterocycles. The van der Waals surface area contributed by atoms with E-state index in [0.717, 1.165) is 30.4 Å². The topological polar surface area (TPSA) is 19.4 Å². The van der Waals surface area contributed by atoms with Crippen molar-refractivity contribution in [2.45, 2.75) is 0 Å². The summed E-state index contributed by atoms with van der Waals surface area (Å²) in [6.07, 6.45) is 7.93. The second-order valence-electron chi connectivity index (χ2n) is 4.90. The van der Waals surface area contributed by atoms with Crippen LogP contribution in [0, 0.1) is 0 Å². The first-order chi connectivity index (χ1) is 10.3. The molecule has 1 aromatic heterocycles. The third-order valence-electron chi connectivity index (χ3n) is 3.49. The van der Waals surface area contributed by atoms with Crippen LogP contribution in [-0.2, 0) is 0 Å². The van der Waals surface area contributed by atoms with Crippen molar-refractivity contribution in [2.75, 3.05) is 24.5 Å². The molecule has 106 valence electrons. The first kappa shape index (κ1) is 13.8. The molecule has 0 amide bonds. The second-order valence-corrected chi connectivity index (χ2v) is 5.27. The molecule has 1 saturated heterocycles. The van der Waals surface area contributed by atoms with E-state index < -0.39 is 0 Å². The standard InChI is InChI=1S/C17H17N3S/c21-17-19(11-5-8-15-6-2-1-3-7-15)12-13-20(17)16-9-4-10-18-14-16/h1-10,14H,11-13H2/b8-5+. The monoisotopic (exact) mass is 295 g/mol. The molecule has 1 fully saturated rings. The van der Waals surface area contributed by atoms with Gasteiger partial charge in [-0.25, -0.2) is 0 Å². The summed E-state index contributed by atoms with van der Waals surface area (Å²) < 4.78 is 0. The molecule has 0 radical (unpaired) electrons. The fourth-order valence-corrected chi connectivity index (χ4v) is 2.75. The molecule has 0 aliphatic carbocycles. The molecule has 4 heteroatoms. The van der Waals surface area contributed by atoms with Crippen molar-refractivity contribution in [1.82, 2.24) is 9.88 Å². The highest BCUT2D eigenvalue weighted by Gasteiger charge is 2.24. The summed E-state index contributed by atoms with van der Waals surface area (Å²) in [6.45, 7) is 2.71. The number of benzene rings is 1. The third kappa shape index (κ3) is 3.28. The Morgan fingerprint density at radius 2 is 1.95 bits per heavy atom. The van der Waals surface area contributed by atoms with E-state index in [-0.39, 0.29) is 0 Å². The van der Waals surface area contributed by atoms with Crippen molar-refractivity contribution in [3.63, 3.8) is 0 Å². The molecule has 1 aliphatic rings. The predicted molar refractivity (Wildman–Crippen MR) is 91.2 cm³/mol. The van der Waals surface area contributed by atoms with E-state index >= 15 is 0 Å². The first-order valence-corrected chi connectivity index (χ1v) is 7.43. The number of rotatable bonds is 4. The highest BCUT2D eigenvalue weighted by Crippen LogP contribution is 2.19. The normalized spacial score (nSPS) is 15.1. The van der Waals surface area contributed by atoms with Crippen molar-refractivity contribution in [2.24, 2.45) is 0 Å². The first-order valence-electron chi connectivity index (χ1n) is 7.02. The Hall–Kier alpha value is -2.20. The number of pyridine rings is 1. The van der Waals surface area contributed by atoms with E-state index in [1.807, 2.05) is 36.5 Å². The fourth-order valence-electron chi connectivity index (χ4n) is 2.39. The predicted octanol–water partition coefficient (Wildman–Crippen LogP) is 3.20. The van der Waals surface area contributed by atoms with Crippen LogP contribution in [0.25, 0.3) is 6.08 Å². The summed E-state index contributed by atoms with van der Waals surface area (Å²) in [5, 5.41) is 0.876. The molecule has 3 rings (SSSR count). The van der Waals surface area contributed by atoms with Gasteiger partial charge in [-0.2, -0.15) is 0 Å². The number of thiocarbonyl (C=S) groups is 1. The zero-order chi connectivity index (χ0) is 14.5. The summed E-state index contributed by atoms with van der Waals surface area (Å²) in [6, 6.07) is 14.3. The molecule has 0 saturated carbocycles. The van der Waals surface area contributed by atoms with Crippen LogP contribution in [0.2, 0.25) is 0 Å². The van der Waals surface area contributed by atoms with Crippen LogP contribution in [0.3, 0.4) is 0 Å². The van der Waals surface area contributed by atoms with E-state index in [0.29, 0.717) is 0 Å². The lowest BCUT2D eigenvalue weighted by Gasteiger charge is -2.20. The number of hydrogen-bond acceptors (Lipinski definition) is 2. The Bertz CT molecular complexity index is 625. The minimum absolute atomic E-state index is 0.838. The number of aromatic nitrogens is 1. The van der Waals surface area contributed by atoms with Crippen molar-refractivity contribution < 1.29 is 0 Å². The maximum Gasteiger partial charge on any atom is 0.176 e. The van der Waals surface area contributed by atoms with Gasteiger partial charge in [0, 0.05) is 25.8 Å². The van der Waals surface area contributed by atoms with Gasteiger partial charge in [-0.15, -0.1) is 0 Å². The van der Waals surface area contributed by atoms with E-state index in [4.69, 9.17) is 12.2 Å². The van der Waals surface area contributed by atoms with E-state index in [2.05, 4.69) is 39.1 Å². The van der Waals surface area contributed by atoms with Gasteiger partial charge < -0.3 is 9.80 Å². The Kier molecular flexibility index (Phi) is 4.26. The Labute approximate surface area is 130 Å². The van der Waals surface area contributed by atoms with Crippen molar-refractivity contribution in [1.29, 1.82) is 0 Å². The van der Waals surface area contributed by atoms with Gasteiger partial charge in [0.1, 0.15) is 0 Å². The van der Waals surface area contributed by atoms with Crippen LogP contribution >= 0.6 is 12.2 Å². The molecular weight excluding hydrogens is 278 g/mol. The fraction of sp³-hybridized carbons (Fsp3) is 0.176. The Balaban J connectivity index is 1.61. The summed E-state index contributed by atoms with van der Waals surface area (Å²) in [5.41, 5.74) is 2.28. The van der Waals surface area contributed by atoms with Gasteiger partial charge in [-0.3, -0.25) is 4.98 Å². The highest BCUT2D eigenvalue weighted by atomic mass is 32.1. The van der Waals surface area contributed by atoms with Gasteiger partial charge in [0.15, 0.2) is 5.11 Å². The van der Waals surface area contributed by atoms with Crippen LogP contribution in [0.5, 0.6) is 0 Å². The van der Waals surface area contributed by atoms with Gasteiger partial charge in [-0.1, -0.05) is 42.5 Å². The van der Waals surface area contributed by atoms with E-state index in [9.17, 15) is 0 Å². The maximum atomic E-state index is 5.56. The molecule has 21 heavy (non-hydrogen) atoms. The second kappa shape index (κ2) is 6.50. The van der Waals surface area contributed by atoms with Crippen molar-refractivity contribution in [3.8, 4) is 0 Å². The summed E-state index contributed by atoms with van der Waals surface area (Å²) in [5.74, 6) is 0. The van der Waals surface area contributed by atoms with Gasteiger partial charge in [0.25, 0.3) is 0 Å². The van der Waals surface area contributed by atoms with Crippen LogP contribution in [0.4, 0.5) is 5.69 Å². The van der Waals surface area contributed by atoms with E-state index in [1.54, 1.807) is 6.20 Å². The lowest BCUT2D eigenvalue weighted by molar-refractivity contribution is 0.521. The summed E-state index contributed by atoms with van der Waals surface area (Å²) in [7, 11) is 0. The lowest BCUT2D eigenvalue weighted by atomic mass is 10.2. The summed E-state index contributed by atoms with van der Waals surface area (Å²) in [4.78, 5) is 8.50. The van der Waals surface area contributed by atoms with Crippen molar-refractivity contribution in [3.05, 3.63) is 66.5 Å². The average molecular weight is 295 g/mol. The average Bonchev–Trinajstić information content (AvgIpc) is 2.90. The third-order valence-corrected chi connectivity index (χ3v) is 3.97. The largest absolute Gasteiger partial charge is 0.343 e. The minimum atomic E-state index is 0.838. The summed E-state index contributed by atoms with van der Waals surface area (Å²) >= 11 is 5.56. The van der Waals surface area contributed by atoms with Crippen LogP contribution in [-0.4, -0.2) is 34.6 Å². The smallest absolute Gasteiger partial charge is 0.176 e. The zero-order valence-electron chi connectivity index (χ0n) is 11.7. The van der Waals surface area contributed by atoms with Gasteiger partial charge in [-0.05, 0) is 29.9 Å². The maximum absolute atomic E-state index is 5.56. The van der Waals surface area contributed by atoms with Crippen molar-refractivity contribution >= 4 is 29.1 Å². The van der Waals surface area contributed by atoms with Crippen LogP contribution in [0.1, 0.15) is 5.56 Å². The van der Waals surface area contributed by atoms with E-state index in [1.165, 1.54) is 5.56 Å². The Morgan fingerprint density at radius 1 is 1.10 bits per heavy atom.